The molecule has 17 heavy (non-hydrogen) atoms. The number of anilines is 1. The van der Waals surface area contributed by atoms with Gasteiger partial charge in [-0.2, -0.15) is 0 Å². The maximum atomic E-state index is 11.7. The second-order valence-electron chi connectivity index (χ2n) is 3.73. The van der Waals surface area contributed by atoms with Gasteiger partial charge in [-0.05, 0) is 30.3 Å². The number of nitrogens with one attached hydrogen (secondary N) is 1. The summed E-state index contributed by atoms with van der Waals surface area (Å²) in [6, 6.07) is 11.0. The molecule has 1 amide bonds. The third kappa shape index (κ3) is 3.64. The summed E-state index contributed by atoms with van der Waals surface area (Å²) in [5.41, 5.74) is 0.731. The Kier molecular flexibility index (Phi) is 3.83. The third-order valence-corrected chi connectivity index (χ3v) is 2.61. The van der Waals surface area contributed by atoms with Crippen molar-refractivity contribution in [3.05, 3.63) is 53.8 Å². The smallest absolute Gasteiger partial charge is 0.226 e. The van der Waals surface area contributed by atoms with Gasteiger partial charge in [0, 0.05) is 36.1 Å². The van der Waals surface area contributed by atoms with Gasteiger partial charge in [-0.25, -0.2) is 0 Å². The van der Waals surface area contributed by atoms with Crippen LogP contribution in [0.1, 0.15) is 6.42 Å². The molecular weight excluding hydrogens is 236 g/mol. The highest BCUT2D eigenvalue weighted by atomic mass is 35.5. The molecule has 0 radical (unpaired) electrons. The van der Waals surface area contributed by atoms with Crippen LogP contribution in [0.5, 0.6) is 0 Å². The van der Waals surface area contributed by atoms with E-state index in [0.29, 0.717) is 18.0 Å². The average Bonchev–Trinajstić information content (AvgIpc) is 2.79. The number of carbonyl (C=O) groups excluding carboxylic acids is 1. The van der Waals surface area contributed by atoms with Gasteiger partial charge < -0.3 is 9.88 Å². The number of aryl methyl sites for hydroxylation is 1. The number of hydrogen-bond acceptors (Lipinski definition) is 1. The molecule has 0 aliphatic heterocycles. The molecule has 0 fully saturated rings. The summed E-state index contributed by atoms with van der Waals surface area (Å²) >= 11 is 5.83. The molecule has 2 aromatic rings. The summed E-state index contributed by atoms with van der Waals surface area (Å²) in [4.78, 5) is 11.7. The lowest BCUT2D eigenvalue weighted by Crippen LogP contribution is -2.13. The summed E-state index contributed by atoms with van der Waals surface area (Å²) in [5, 5.41) is 3.43. The Bertz CT molecular complexity index is 494. The first-order valence-corrected chi connectivity index (χ1v) is 5.78. The van der Waals surface area contributed by atoms with E-state index in [1.165, 1.54) is 0 Å². The van der Waals surface area contributed by atoms with E-state index < -0.39 is 0 Å². The van der Waals surface area contributed by atoms with Crippen LogP contribution in [0.25, 0.3) is 0 Å². The fourth-order valence-electron chi connectivity index (χ4n) is 1.54. The number of rotatable bonds is 4. The fourth-order valence-corrected chi connectivity index (χ4v) is 1.73. The van der Waals surface area contributed by atoms with Gasteiger partial charge in [0.05, 0.1) is 0 Å². The van der Waals surface area contributed by atoms with E-state index in [9.17, 15) is 4.79 Å². The molecular formula is C13H13ClN2O. The molecule has 0 saturated heterocycles. The molecule has 0 bridgehead atoms. The van der Waals surface area contributed by atoms with Crippen molar-refractivity contribution in [2.24, 2.45) is 0 Å². The van der Waals surface area contributed by atoms with Gasteiger partial charge in [0.1, 0.15) is 0 Å². The highest BCUT2D eigenvalue weighted by Gasteiger charge is 2.02. The first-order valence-electron chi connectivity index (χ1n) is 5.40. The maximum absolute atomic E-state index is 11.7. The topological polar surface area (TPSA) is 34.0 Å². The molecule has 1 aromatic carbocycles. The number of nitrogens with zero attached hydrogens (tertiary/aromatic N) is 1. The number of hydrogen-bond donors (Lipinski definition) is 1. The normalized spacial score (nSPS) is 10.2. The quantitative estimate of drug-likeness (QED) is 0.886. The van der Waals surface area contributed by atoms with Crippen molar-refractivity contribution >= 4 is 23.2 Å². The Morgan fingerprint density at radius 2 is 2.00 bits per heavy atom. The van der Waals surface area contributed by atoms with Crippen molar-refractivity contribution < 1.29 is 4.79 Å². The molecule has 88 valence electrons. The molecule has 1 N–H and O–H groups in total. The lowest BCUT2D eigenvalue weighted by Gasteiger charge is -2.06. The highest BCUT2D eigenvalue weighted by molar-refractivity contribution is 6.30. The minimum Gasteiger partial charge on any atom is -0.354 e. The van der Waals surface area contributed by atoms with Gasteiger partial charge in [0.2, 0.25) is 5.91 Å². The van der Waals surface area contributed by atoms with Crippen LogP contribution in [0, 0.1) is 0 Å². The maximum Gasteiger partial charge on any atom is 0.226 e. The zero-order valence-electron chi connectivity index (χ0n) is 9.27. The average molecular weight is 249 g/mol. The Balaban J connectivity index is 1.85. The zero-order valence-corrected chi connectivity index (χ0v) is 10.0. The molecule has 0 aliphatic carbocycles. The molecule has 1 heterocycles. The zero-order chi connectivity index (χ0) is 12.1. The Morgan fingerprint density at radius 3 is 2.71 bits per heavy atom. The number of aromatic nitrogens is 1. The van der Waals surface area contributed by atoms with Crippen LogP contribution in [0.15, 0.2) is 48.8 Å². The summed E-state index contributed by atoms with van der Waals surface area (Å²) in [6.07, 6.45) is 4.32. The summed E-state index contributed by atoms with van der Waals surface area (Å²) < 4.78 is 1.97. The molecule has 0 atom stereocenters. The first-order chi connectivity index (χ1) is 8.24. The Labute approximate surface area is 105 Å². The number of benzene rings is 1. The third-order valence-electron chi connectivity index (χ3n) is 2.37. The molecule has 0 unspecified atom stereocenters. The van der Waals surface area contributed by atoms with Crippen molar-refractivity contribution in [3.8, 4) is 0 Å². The summed E-state index contributed by atoms with van der Waals surface area (Å²) in [5.74, 6) is -0.0130. The van der Waals surface area contributed by atoms with E-state index in [2.05, 4.69) is 5.32 Å². The summed E-state index contributed by atoms with van der Waals surface area (Å²) in [6.45, 7) is 0.680. The number of amides is 1. The molecule has 3 nitrogen and oxygen atoms in total. The lowest BCUT2D eigenvalue weighted by atomic mass is 10.3. The van der Waals surface area contributed by atoms with Gasteiger partial charge in [-0.3, -0.25) is 4.79 Å². The van der Waals surface area contributed by atoms with Crippen LogP contribution in [0.3, 0.4) is 0 Å². The monoisotopic (exact) mass is 248 g/mol. The van der Waals surface area contributed by atoms with Crippen molar-refractivity contribution in [3.63, 3.8) is 0 Å². The predicted octanol–water partition coefficient (Wildman–Crippen LogP) is 3.17. The molecule has 0 saturated carbocycles. The predicted molar refractivity (Wildman–Crippen MR) is 69.1 cm³/mol. The second kappa shape index (κ2) is 5.55. The minimum atomic E-state index is -0.0130. The number of halogens is 1. The second-order valence-corrected chi connectivity index (χ2v) is 4.17. The van der Waals surface area contributed by atoms with Crippen LogP contribution in [0.4, 0.5) is 5.69 Å². The molecule has 0 spiro atoms. The minimum absolute atomic E-state index is 0.0130. The van der Waals surface area contributed by atoms with E-state index >= 15 is 0 Å². The largest absolute Gasteiger partial charge is 0.354 e. The van der Waals surface area contributed by atoms with Gasteiger partial charge in [0.25, 0.3) is 0 Å². The SMILES string of the molecule is O=C(CCn1cccc1)Nc1cccc(Cl)c1. The van der Waals surface area contributed by atoms with Crippen LogP contribution in [-0.4, -0.2) is 10.5 Å². The molecule has 2 rings (SSSR count). The van der Waals surface area contributed by atoms with E-state index in [-0.39, 0.29) is 5.91 Å². The van der Waals surface area contributed by atoms with E-state index in [0.717, 1.165) is 5.69 Å². The van der Waals surface area contributed by atoms with Crippen molar-refractivity contribution in [2.45, 2.75) is 13.0 Å². The number of carbonyl (C=O) groups is 1. The standard InChI is InChI=1S/C13H13ClN2O/c14-11-4-3-5-12(10-11)15-13(17)6-9-16-7-1-2-8-16/h1-5,7-8,10H,6,9H2,(H,15,17). The lowest BCUT2D eigenvalue weighted by molar-refractivity contribution is -0.116. The van der Waals surface area contributed by atoms with Crippen molar-refractivity contribution in [1.82, 2.24) is 4.57 Å². The van der Waals surface area contributed by atoms with E-state index in [1.807, 2.05) is 41.2 Å². The Morgan fingerprint density at radius 1 is 1.24 bits per heavy atom. The van der Waals surface area contributed by atoms with Gasteiger partial charge in [-0.15, -0.1) is 0 Å². The van der Waals surface area contributed by atoms with E-state index in [1.54, 1.807) is 12.1 Å². The van der Waals surface area contributed by atoms with Crippen LogP contribution >= 0.6 is 11.6 Å². The first kappa shape index (κ1) is 11.7. The van der Waals surface area contributed by atoms with Crippen LogP contribution in [0.2, 0.25) is 5.02 Å². The van der Waals surface area contributed by atoms with Gasteiger partial charge in [0.15, 0.2) is 0 Å². The molecule has 1 aromatic heterocycles. The van der Waals surface area contributed by atoms with Crippen molar-refractivity contribution in [1.29, 1.82) is 0 Å². The van der Waals surface area contributed by atoms with Gasteiger partial charge >= 0.3 is 0 Å². The summed E-state index contributed by atoms with van der Waals surface area (Å²) in [7, 11) is 0. The Hall–Kier alpha value is -1.74. The van der Waals surface area contributed by atoms with E-state index in [4.69, 9.17) is 11.6 Å². The molecule has 4 heteroatoms. The van der Waals surface area contributed by atoms with Gasteiger partial charge in [-0.1, -0.05) is 17.7 Å². The van der Waals surface area contributed by atoms with Crippen LogP contribution in [-0.2, 0) is 11.3 Å². The van der Waals surface area contributed by atoms with Crippen LogP contribution < -0.4 is 5.32 Å². The van der Waals surface area contributed by atoms with Crippen molar-refractivity contribution in [2.75, 3.05) is 5.32 Å². The molecule has 0 aliphatic rings. The fraction of sp³-hybridized carbons (Fsp3) is 0.154. The highest BCUT2D eigenvalue weighted by Crippen LogP contribution is 2.15.